The monoisotopic (exact) mass is 317 g/mol. The molecule has 0 spiro atoms. The number of thiophene rings is 1. The highest BCUT2D eigenvalue weighted by Gasteiger charge is 2.19. The molecule has 20 heavy (non-hydrogen) atoms. The van der Waals surface area contributed by atoms with E-state index in [2.05, 4.69) is 4.72 Å². The average Bonchev–Trinajstić information content (AvgIpc) is 2.82. The molecule has 0 aliphatic heterocycles. The van der Waals surface area contributed by atoms with Crippen LogP contribution in [0.25, 0.3) is 0 Å². The fourth-order valence-corrected chi connectivity index (χ4v) is 5.26. The Morgan fingerprint density at radius 1 is 1.35 bits per heavy atom. The van der Waals surface area contributed by atoms with Crippen molar-refractivity contribution in [2.75, 3.05) is 6.54 Å². The Kier molecular flexibility index (Phi) is 5.60. The molecule has 1 aromatic rings. The van der Waals surface area contributed by atoms with Crippen molar-refractivity contribution in [1.82, 2.24) is 4.72 Å². The maximum atomic E-state index is 12.2. The molecule has 114 valence electrons. The highest BCUT2D eigenvalue weighted by molar-refractivity contribution is 7.91. The third-order valence-corrected chi connectivity index (χ3v) is 7.13. The average molecular weight is 317 g/mol. The summed E-state index contributed by atoms with van der Waals surface area (Å²) in [7, 11) is -3.42. The zero-order chi connectivity index (χ0) is 14.6. The molecule has 4 nitrogen and oxygen atoms in total. The quantitative estimate of drug-likeness (QED) is 0.848. The zero-order valence-corrected chi connectivity index (χ0v) is 13.5. The summed E-state index contributed by atoms with van der Waals surface area (Å²) in [4.78, 5) is 0.720. The molecular formula is C14H23NO3S2. The molecule has 1 aliphatic carbocycles. The van der Waals surface area contributed by atoms with Crippen molar-refractivity contribution in [3.63, 3.8) is 0 Å². The minimum atomic E-state index is -3.42. The smallest absolute Gasteiger partial charge is 0.250 e. The summed E-state index contributed by atoms with van der Waals surface area (Å²) >= 11 is 1.15. The van der Waals surface area contributed by atoms with Gasteiger partial charge in [0, 0.05) is 11.4 Å². The number of aliphatic hydroxyl groups excluding tert-OH is 1. The molecule has 1 aliphatic rings. The van der Waals surface area contributed by atoms with E-state index in [-0.39, 0.29) is 6.61 Å². The van der Waals surface area contributed by atoms with Crippen LogP contribution in [0.15, 0.2) is 10.3 Å². The van der Waals surface area contributed by atoms with Gasteiger partial charge < -0.3 is 5.11 Å². The van der Waals surface area contributed by atoms with Gasteiger partial charge in [0.25, 0.3) is 0 Å². The van der Waals surface area contributed by atoms with Crippen molar-refractivity contribution < 1.29 is 13.5 Å². The molecule has 2 rings (SSSR count). The fourth-order valence-electron chi connectivity index (χ4n) is 2.72. The van der Waals surface area contributed by atoms with Crippen LogP contribution in [0.3, 0.4) is 0 Å². The van der Waals surface area contributed by atoms with E-state index in [1.165, 1.54) is 32.1 Å². The van der Waals surface area contributed by atoms with Crippen LogP contribution in [-0.2, 0) is 16.6 Å². The molecule has 0 radical (unpaired) electrons. The Balaban J connectivity index is 1.89. The molecule has 0 aromatic carbocycles. The lowest BCUT2D eigenvalue weighted by atomic mass is 9.87. The minimum Gasteiger partial charge on any atom is -0.391 e. The summed E-state index contributed by atoms with van der Waals surface area (Å²) in [6.45, 7) is 2.23. The SMILES string of the molecule is Cc1cc(S(=O)(=O)NCCC2CCCCC2)sc1CO. The van der Waals surface area contributed by atoms with E-state index >= 15 is 0 Å². The summed E-state index contributed by atoms with van der Waals surface area (Å²) < 4.78 is 27.3. The van der Waals surface area contributed by atoms with Gasteiger partial charge in [-0.3, -0.25) is 0 Å². The van der Waals surface area contributed by atoms with E-state index in [1.807, 2.05) is 6.92 Å². The molecule has 0 bridgehead atoms. The van der Waals surface area contributed by atoms with Gasteiger partial charge in [-0.1, -0.05) is 32.1 Å². The number of hydrogen-bond donors (Lipinski definition) is 2. The first-order chi connectivity index (χ1) is 9.53. The summed E-state index contributed by atoms with van der Waals surface area (Å²) in [5, 5.41) is 9.14. The van der Waals surface area contributed by atoms with E-state index in [4.69, 9.17) is 5.11 Å². The van der Waals surface area contributed by atoms with Crippen LogP contribution in [0.5, 0.6) is 0 Å². The summed E-state index contributed by atoms with van der Waals surface area (Å²) in [6.07, 6.45) is 7.27. The van der Waals surface area contributed by atoms with Crippen molar-refractivity contribution in [3.8, 4) is 0 Å². The summed E-state index contributed by atoms with van der Waals surface area (Å²) in [6, 6.07) is 1.64. The molecule has 1 aromatic heterocycles. The number of aryl methyl sites for hydroxylation is 1. The lowest BCUT2D eigenvalue weighted by Crippen LogP contribution is -2.26. The van der Waals surface area contributed by atoms with E-state index < -0.39 is 10.0 Å². The standard InChI is InChI=1S/C14H23NO3S2/c1-11-9-14(19-13(11)10-16)20(17,18)15-8-7-12-5-3-2-4-6-12/h9,12,15-16H,2-8,10H2,1H3. The van der Waals surface area contributed by atoms with Crippen molar-refractivity contribution in [3.05, 3.63) is 16.5 Å². The molecule has 2 N–H and O–H groups in total. The largest absolute Gasteiger partial charge is 0.391 e. The summed E-state index contributed by atoms with van der Waals surface area (Å²) in [5.41, 5.74) is 0.838. The number of hydrogen-bond acceptors (Lipinski definition) is 4. The first-order valence-corrected chi connectivity index (χ1v) is 9.52. The predicted octanol–water partition coefficient (Wildman–Crippen LogP) is 2.80. The molecule has 0 amide bonds. The molecule has 1 fully saturated rings. The molecule has 0 atom stereocenters. The van der Waals surface area contributed by atoms with Crippen LogP contribution < -0.4 is 4.72 Å². The Morgan fingerprint density at radius 3 is 2.65 bits per heavy atom. The van der Waals surface area contributed by atoms with Crippen molar-refractivity contribution in [2.24, 2.45) is 5.92 Å². The van der Waals surface area contributed by atoms with Gasteiger partial charge >= 0.3 is 0 Å². The van der Waals surface area contributed by atoms with E-state index in [0.29, 0.717) is 16.7 Å². The van der Waals surface area contributed by atoms with Gasteiger partial charge in [0.15, 0.2) is 0 Å². The Morgan fingerprint density at radius 2 is 2.05 bits per heavy atom. The molecule has 6 heteroatoms. The Hall–Kier alpha value is -0.430. The number of sulfonamides is 1. The second-order valence-electron chi connectivity index (χ2n) is 5.52. The van der Waals surface area contributed by atoms with Gasteiger partial charge in [0.05, 0.1) is 6.61 Å². The molecule has 1 saturated carbocycles. The first kappa shape index (κ1) is 15.9. The Bertz CT molecular complexity index is 531. The van der Waals surface area contributed by atoms with Crippen LogP contribution in [0.2, 0.25) is 0 Å². The third-order valence-electron chi connectivity index (χ3n) is 3.98. The summed E-state index contributed by atoms with van der Waals surface area (Å²) in [5.74, 6) is 0.671. The van der Waals surface area contributed by atoms with Crippen molar-refractivity contribution >= 4 is 21.4 Å². The molecular weight excluding hydrogens is 294 g/mol. The number of aliphatic hydroxyl groups is 1. The van der Waals surface area contributed by atoms with Gasteiger partial charge in [-0.15, -0.1) is 11.3 Å². The topological polar surface area (TPSA) is 66.4 Å². The van der Waals surface area contributed by atoms with Crippen LogP contribution in [0.1, 0.15) is 49.0 Å². The van der Waals surface area contributed by atoms with E-state index in [1.54, 1.807) is 6.07 Å². The Labute approximate surface area is 125 Å². The van der Waals surface area contributed by atoms with Gasteiger partial charge in [0.2, 0.25) is 10.0 Å². The van der Waals surface area contributed by atoms with Crippen LogP contribution >= 0.6 is 11.3 Å². The fraction of sp³-hybridized carbons (Fsp3) is 0.714. The normalized spacial score (nSPS) is 17.5. The minimum absolute atomic E-state index is 0.103. The van der Waals surface area contributed by atoms with Gasteiger partial charge in [-0.2, -0.15) is 0 Å². The maximum Gasteiger partial charge on any atom is 0.250 e. The third kappa shape index (κ3) is 4.04. The zero-order valence-electron chi connectivity index (χ0n) is 11.9. The number of rotatable bonds is 6. The molecule has 0 saturated heterocycles. The second-order valence-corrected chi connectivity index (χ2v) is 8.65. The van der Waals surface area contributed by atoms with E-state index in [9.17, 15) is 8.42 Å². The van der Waals surface area contributed by atoms with Gasteiger partial charge in [-0.05, 0) is 30.9 Å². The van der Waals surface area contributed by atoms with Crippen molar-refractivity contribution in [2.45, 2.75) is 56.3 Å². The predicted molar refractivity (Wildman–Crippen MR) is 81.4 cm³/mol. The maximum absolute atomic E-state index is 12.2. The lowest BCUT2D eigenvalue weighted by Gasteiger charge is -2.21. The lowest BCUT2D eigenvalue weighted by molar-refractivity contribution is 0.285. The highest BCUT2D eigenvalue weighted by Crippen LogP contribution is 2.27. The molecule has 1 heterocycles. The first-order valence-electron chi connectivity index (χ1n) is 7.23. The van der Waals surface area contributed by atoms with Crippen LogP contribution in [0, 0.1) is 12.8 Å². The highest BCUT2D eigenvalue weighted by atomic mass is 32.2. The van der Waals surface area contributed by atoms with Crippen molar-refractivity contribution in [1.29, 1.82) is 0 Å². The number of nitrogens with one attached hydrogen (secondary N) is 1. The van der Waals surface area contributed by atoms with Crippen LogP contribution in [-0.4, -0.2) is 20.1 Å². The molecule has 0 unspecified atom stereocenters. The van der Waals surface area contributed by atoms with Gasteiger partial charge in [0.1, 0.15) is 4.21 Å². The van der Waals surface area contributed by atoms with Crippen LogP contribution in [0.4, 0.5) is 0 Å². The van der Waals surface area contributed by atoms with E-state index in [0.717, 1.165) is 28.2 Å². The van der Waals surface area contributed by atoms with Gasteiger partial charge in [-0.25, -0.2) is 13.1 Å². The second kappa shape index (κ2) is 7.02.